The summed E-state index contributed by atoms with van der Waals surface area (Å²) in [5.41, 5.74) is 7.62. The molecular weight excluding hydrogens is 600 g/mol. The second-order valence-corrected chi connectivity index (χ2v) is 14.3. The van der Waals surface area contributed by atoms with Crippen LogP contribution in [0.15, 0.2) is 53.3 Å². The van der Waals surface area contributed by atoms with Gasteiger partial charge in [-0.15, -0.1) is 0 Å². The fraction of sp³-hybridized carbons (Fsp3) is 0.543. The van der Waals surface area contributed by atoms with Crippen LogP contribution < -0.4 is 16.7 Å². The van der Waals surface area contributed by atoms with Crippen molar-refractivity contribution in [2.24, 2.45) is 11.8 Å². The highest BCUT2D eigenvalue weighted by Gasteiger charge is 2.31. The van der Waals surface area contributed by atoms with Gasteiger partial charge < -0.3 is 35.3 Å². The Morgan fingerprint density at radius 1 is 0.851 bits per heavy atom. The molecule has 1 aromatic heterocycles. The van der Waals surface area contributed by atoms with Crippen LogP contribution in [0, 0.1) is 11.8 Å². The molecule has 3 aromatic rings. The molecule has 0 aliphatic carbocycles. The van der Waals surface area contributed by atoms with Crippen molar-refractivity contribution in [1.82, 2.24) is 19.4 Å². The predicted molar refractivity (Wildman–Crippen MR) is 183 cm³/mol. The number of nitrogens with two attached hydrogens (primary N) is 1. The van der Waals surface area contributed by atoms with Gasteiger partial charge in [0.15, 0.2) is 0 Å². The van der Waals surface area contributed by atoms with Crippen LogP contribution in [0.5, 0.6) is 0 Å². The average Bonchev–Trinajstić information content (AvgIpc) is 3.31. The van der Waals surface area contributed by atoms with E-state index < -0.39 is 11.2 Å². The van der Waals surface area contributed by atoms with E-state index in [9.17, 15) is 19.2 Å². The largest absolute Gasteiger partial charge is 0.444 e. The van der Waals surface area contributed by atoms with Crippen molar-refractivity contribution < 1.29 is 23.9 Å². The number of fused-ring (bicyclic) bond motifs is 1. The first kappa shape index (κ1) is 35.4. The maximum atomic E-state index is 12.4. The minimum Gasteiger partial charge on any atom is -0.444 e. The number of amides is 3. The number of likely N-dealkylation sites (tertiary alicyclic amines) is 2. The summed E-state index contributed by atoms with van der Waals surface area (Å²) in [6.07, 6.45) is 2.83. The van der Waals surface area contributed by atoms with Crippen molar-refractivity contribution in [2.75, 3.05) is 37.2 Å². The van der Waals surface area contributed by atoms with Crippen molar-refractivity contribution >= 4 is 40.5 Å². The van der Waals surface area contributed by atoms with E-state index >= 15 is 0 Å². The number of aromatic amines is 1. The molecule has 0 saturated carbocycles. The first-order chi connectivity index (χ1) is 22.1. The van der Waals surface area contributed by atoms with Gasteiger partial charge in [-0.1, -0.05) is 24.3 Å². The van der Waals surface area contributed by atoms with E-state index in [-0.39, 0.29) is 35.6 Å². The van der Waals surface area contributed by atoms with Gasteiger partial charge >= 0.3 is 17.9 Å². The topological polar surface area (TPSA) is 152 Å². The molecule has 3 amide bonds. The van der Waals surface area contributed by atoms with E-state index in [0.29, 0.717) is 44.1 Å². The molecule has 3 heterocycles. The van der Waals surface area contributed by atoms with Gasteiger partial charge in [0.05, 0.1) is 28.3 Å². The van der Waals surface area contributed by atoms with E-state index in [2.05, 4.69) is 10.3 Å². The van der Waals surface area contributed by atoms with E-state index in [1.165, 1.54) is 0 Å². The number of piperidine rings is 2. The van der Waals surface area contributed by atoms with Crippen molar-refractivity contribution in [3.05, 3.63) is 59.0 Å². The summed E-state index contributed by atoms with van der Waals surface area (Å²) in [6, 6.07) is 14.8. The third-order valence-electron chi connectivity index (χ3n) is 7.96. The Morgan fingerprint density at radius 3 is 2.06 bits per heavy atom. The molecular formula is C35H50N6O6. The van der Waals surface area contributed by atoms with Gasteiger partial charge in [-0.05, 0) is 97.4 Å². The van der Waals surface area contributed by atoms with Crippen LogP contribution >= 0.6 is 0 Å². The molecule has 2 atom stereocenters. The van der Waals surface area contributed by atoms with Gasteiger partial charge in [0.2, 0.25) is 5.91 Å². The molecule has 256 valence electrons. The summed E-state index contributed by atoms with van der Waals surface area (Å²) >= 11 is 0. The Balaban J connectivity index is 0.000000213. The third-order valence-corrected chi connectivity index (χ3v) is 7.96. The Morgan fingerprint density at radius 2 is 1.43 bits per heavy atom. The van der Waals surface area contributed by atoms with Crippen molar-refractivity contribution in [3.63, 3.8) is 0 Å². The van der Waals surface area contributed by atoms with E-state index in [1.54, 1.807) is 26.5 Å². The molecule has 0 unspecified atom stereocenters. The molecule has 2 saturated heterocycles. The molecule has 0 radical (unpaired) electrons. The van der Waals surface area contributed by atoms with Gasteiger partial charge in [0.25, 0.3) is 0 Å². The summed E-state index contributed by atoms with van der Waals surface area (Å²) in [5, 5.41) is 2.84. The summed E-state index contributed by atoms with van der Waals surface area (Å²) in [5.74, 6) is -0.116. The molecule has 2 fully saturated rings. The number of H-pyrrole nitrogens is 1. The first-order valence-electron chi connectivity index (χ1n) is 16.4. The Kier molecular flexibility index (Phi) is 11.3. The highest BCUT2D eigenvalue weighted by molar-refractivity contribution is 5.95. The number of hydrogen-bond acceptors (Lipinski definition) is 7. The van der Waals surface area contributed by atoms with Gasteiger partial charge in [0.1, 0.15) is 11.2 Å². The zero-order valence-electron chi connectivity index (χ0n) is 28.5. The number of nitrogens with one attached hydrogen (secondary N) is 2. The lowest BCUT2D eigenvalue weighted by atomic mass is 9.97. The summed E-state index contributed by atoms with van der Waals surface area (Å²) in [6.45, 7) is 14.1. The molecule has 2 aliphatic heterocycles. The van der Waals surface area contributed by atoms with Crippen molar-refractivity contribution in [1.29, 1.82) is 0 Å². The number of nitrogens with zero attached hydrogens (tertiary/aromatic N) is 3. The number of hydrogen-bond donors (Lipinski definition) is 3. The smallest absolute Gasteiger partial charge is 0.410 e. The fourth-order valence-corrected chi connectivity index (χ4v) is 5.78. The Bertz CT molecular complexity index is 1600. The minimum absolute atomic E-state index is 0.0920. The molecule has 12 nitrogen and oxygen atoms in total. The monoisotopic (exact) mass is 650 g/mol. The lowest BCUT2D eigenvalue weighted by Crippen LogP contribution is -2.45. The molecule has 47 heavy (non-hydrogen) atoms. The van der Waals surface area contributed by atoms with Gasteiger partial charge in [-0.25, -0.2) is 14.4 Å². The van der Waals surface area contributed by atoms with E-state index in [0.717, 1.165) is 36.7 Å². The summed E-state index contributed by atoms with van der Waals surface area (Å²) in [4.78, 5) is 55.3. The quantitative estimate of drug-likeness (QED) is 0.301. The van der Waals surface area contributed by atoms with Crippen LogP contribution in [-0.4, -0.2) is 74.8 Å². The second-order valence-electron chi connectivity index (χ2n) is 14.3. The minimum atomic E-state index is -0.537. The third kappa shape index (κ3) is 10.3. The number of nitrogen functional groups attached to an aromatic ring is 1. The van der Waals surface area contributed by atoms with E-state index in [4.69, 9.17) is 15.2 Å². The Labute approximate surface area is 276 Å². The highest BCUT2D eigenvalue weighted by atomic mass is 16.6. The molecule has 5 rings (SSSR count). The summed E-state index contributed by atoms with van der Waals surface area (Å²) in [7, 11) is 0. The SMILES string of the molecule is CC(C)(C)OC(=O)N1CCC[C@@H](C(=O)Nc2ccccc2N)C1.CC(C)(C)OC(=O)N1CCC[C@@H](Cn2c(=O)[nH]c3ccccc32)C1. The molecule has 2 aliphatic rings. The number of carbonyl (C=O) groups is 3. The molecule has 2 aromatic carbocycles. The van der Waals surface area contributed by atoms with Crippen LogP contribution in [0.1, 0.15) is 67.2 Å². The average molecular weight is 651 g/mol. The number of para-hydroxylation sites is 4. The molecule has 12 heteroatoms. The second kappa shape index (κ2) is 15.0. The predicted octanol–water partition coefficient (Wildman–Crippen LogP) is 5.83. The maximum absolute atomic E-state index is 12.4. The van der Waals surface area contributed by atoms with Crippen LogP contribution in [0.2, 0.25) is 0 Å². The normalized spacial score (nSPS) is 18.6. The van der Waals surface area contributed by atoms with Crippen molar-refractivity contribution in [3.8, 4) is 0 Å². The lowest BCUT2D eigenvalue weighted by molar-refractivity contribution is -0.121. The van der Waals surface area contributed by atoms with Crippen LogP contribution in [0.4, 0.5) is 21.0 Å². The highest BCUT2D eigenvalue weighted by Crippen LogP contribution is 2.24. The number of aromatic nitrogens is 2. The first-order valence-corrected chi connectivity index (χ1v) is 16.4. The maximum Gasteiger partial charge on any atom is 0.410 e. The van der Waals surface area contributed by atoms with Gasteiger partial charge in [-0.2, -0.15) is 0 Å². The fourth-order valence-electron chi connectivity index (χ4n) is 5.78. The van der Waals surface area contributed by atoms with Crippen LogP contribution in [-0.2, 0) is 20.8 Å². The number of carbonyl (C=O) groups excluding carboxylic acids is 3. The number of rotatable bonds is 4. The Hall–Kier alpha value is -4.48. The van der Waals surface area contributed by atoms with E-state index in [1.807, 2.05) is 77.9 Å². The number of imidazole rings is 1. The zero-order valence-corrected chi connectivity index (χ0v) is 28.5. The van der Waals surface area contributed by atoms with Gasteiger partial charge in [0, 0.05) is 32.7 Å². The van der Waals surface area contributed by atoms with Crippen LogP contribution in [0.3, 0.4) is 0 Å². The number of benzene rings is 2. The standard InChI is InChI=1S/C18H25N3O3.C17H25N3O3/c1-18(2,3)24-17(23)20-10-6-7-13(11-20)12-21-15-9-5-4-8-14(15)19-16(21)22;1-17(2,3)23-16(22)20-10-6-7-12(11-20)15(21)19-14-9-5-4-8-13(14)18/h4-5,8-9,13H,6-7,10-12H2,1-3H3,(H,19,22);4-5,8-9,12H,6-7,10-11,18H2,1-3H3,(H,19,21)/t13-;12-/m11/s1. The number of ether oxygens (including phenoxy) is 2. The van der Waals surface area contributed by atoms with Crippen LogP contribution in [0.25, 0.3) is 11.0 Å². The number of anilines is 2. The molecule has 0 spiro atoms. The molecule has 4 N–H and O–H groups in total. The van der Waals surface area contributed by atoms with Crippen molar-refractivity contribution in [2.45, 2.75) is 85.0 Å². The molecule has 0 bridgehead atoms. The summed E-state index contributed by atoms with van der Waals surface area (Å²) < 4.78 is 12.6. The zero-order chi connectivity index (χ0) is 34.4. The lowest BCUT2D eigenvalue weighted by Gasteiger charge is -2.34. The van der Waals surface area contributed by atoms with Gasteiger partial charge in [-0.3, -0.25) is 9.36 Å².